The van der Waals surface area contributed by atoms with Gasteiger partial charge in [-0.25, -0.2) is 0 Å². The van der Waals surface area contributed by atoms with E-state index in [1.54, 1.807) is 0 Å². The Bertz CT molecular complexity index is 713. The Hall–Kier alpha value is -2.35. The van der Waals surface area contributed by atoms with Crippen molar-refractivity contribution in [2.75, 3.05) is 39.3 Å². The molecule has 0 saturated carbocycles. The normalized spacial score (nSPS) is 16.3. The van der Waals surface area contributed by atoms with Crippen LogP contribution in [-0.2, 0) is 13.1 Å². The number of aliphatic imine (C=N–C) groups is 1. The molecule has 0 atom stereocenters. The number of nitrogens with zero attached hydrogens (tertiary/aromatic N) is 6. The van der Waals surface area contributed by atoms with Gasteiger partial charge in [0.15, 0.2) is 5.96 Å². The zero-order valence-corrected chi connectivity index (χ0v) is 16.0. The van der Waals surface area contributed by atoms with Gasteiger partial charge in [-0.15, -0.1) is 0 Å². The molecule has 0 unspecified atom stereocenters. The molecule has 2 aromatic heterocycles. The average Bonchev–Trinajstić information content (AvgIpc) is 3.23. The van der Waals surface area contributed by atoms with Crippen molar-refractivity contribution in [3.8, 4) is 0 Å². The summed E-state index contributed by atoms with van der Waals surface area (Å²) in [6.45, 7) is 13.2. The minimum absolute atomic E-state index is 0.724. The van der Waals surface area contributed by atoms with Gasteiger partial charge in [0.1, 0.15) is 5.76 Å². The highest BCUT2D eigenvalue weighted by Gasteiger charge is 2.20. The summed E-state index contributed by atoms with van der Waals surface area (Å²) in [5.74, 6) is 1.86. The summed E-state index contributed by atoms with van der Waals surface area (Å²) in [7, 11) is 0. The van der Waals surface area contributed by atoms with Crippen molar-refractivity contribution in [1.29, 1.82) is 0 Å². The molecule has 1 fully saturated rings. The third-order valence-electron chi connectivity index (χ3n) is 4.42. The lowest BCUT2D eigenvalue weighted by atomic mass is 10.3. The van der Waals surface area contributed by atoms with Crippen LogP contribution in [0.25, 0.3) is 0 Å². The molecule has 0 amide bonds. The molecule has 142 valence electrons. The molecule has 1 aliphatic rings. The van der Waals surface area contributed by atoms with Crippen LogP contribution in [0.5, 0.6) is 0 Å². The fourth-order valence-electron chi connectivity index (χ4n) is 3.11. The maximum atomic E-state index is 5.16. The van der Waals surface area contributed by atoms with Crippen LogP contribution in [0.4, 0.5) is 0 Å². The summed E-state index contributed by atoms with van der Waals surface area (Å²) < 4.78 is 7.10. The first-order chi connectivity index (χ1) is 12.6. The molecule has 3 heterocycles. The second-order valence-corrected chi connectivity index (χ2v) is 6.71. The molecule has 0 bridgehead atoms. The van der Waals surface area contributed by atoms with Crippen LogP contribution in [0.1, 0.15) is 23.9 Å². The van der Waals surface area contributed by atoms with E-state index in [0.29, 0.717) is 0 Å². The first kappa shape index (κ1) is 18.4. The molecule has 0 radical (unpaired) electrons. The van der Waals surface area contributed by atoms with Gasteiger partial charge >= 0.3 is 0 Å². The van der Waals surface area contributed by atoms with Crippen molar-refractivity contribution in [3.63, 3.8) is 0 Å². The lowest BCUT2D eigenvalue weighted by molar-refractivity contribution is 0.169. The minimum Gasteiger partial charge on any atom is -0.361 e. The Morgan fingerprint density at radius 2 is 2.08 bits per heavy atom. The van der Waals surface area contributed by atoms with Crippen molar-refractivity contribution >= 4 is 5.96 Å². The van der Waals surface area contributed by atoms with E-state index in [9.17, 15) is 0 Å². The van der Waals surface area contributed by atoms with Crippen LogP contribution in [-0.4, -0.2) is 70.0 Å². The third kappa shape index (κ3) is 5.08. The van der Waals surface area contributed by atoms with Crippen LogP contribution in [0, 0.1) is 13.8 Å². The molecule has 1 N–H and O–H groups in total. The van der Waals surface area contributed by atoms with E-state index in [2.05, 4.69) is 39.2 Å². The highest BCUT2D eigenvalue weighted by atomic mass is 16.5. The predicted octanol–water partition coefficient (Wildman–Crippen LogP) is 1.27. The van der Waals surface area contributed by atoms with Gasteiger partial charge in [0.25, 0.3) is 0 Å². The van der Waals surface area contributed by atoms with Gasteiger partial charge in [0.05, 0.1) is 25.0 Å². The molecular formula is C18H29N7O. The lowest BCUT2D eigenvalue weighted by Gasteiger charge is -2.36. The van der Waals surface area contributed by atoms with Gasteiger partial charge in [-0.3, -0.25) is 14.6 Å². The van der Waals surface area contributed by atoms with Gasteiger partial charge in [-0.05, 0) is 26.3 Å². The number of rotatable bonds is 6. The van der Waals surface area contributed by atoms with Gasteiger partial charge in [-0.1, -0.05) is 5.16 Å². The zero-order valence-electron chi connectivity index (χ0n) is 16.0. The maximum absolute atomic E-state index is 5.16. The standard InChI is InChI=1S/C18H29N7O/c1-4-19-18(20-5-6-25-13-15(2)12-21-25)24-9-7-23(8-10-24)14-17-11-16(3)26-22-17/h11-13H,4-10,14H2,1-3H3,(H,19,20). The van der Waals surface area contributed by atoms with Gasteiger partial charge in [0.2, 0.25) is 0 Å². The van der Waals surface area contributed by atoms with E-state index in [4.69, 9.17) is 9.52 Å². The quantitative estimate of drug-likeness (QED) is 0.618. The zero-order chi connectivity index (χ0) is 18.4. The van der Waals surface area contributed by atoms with Gasteiger partial charge in [-0.2, -0.15) is 5.10 Å². The van der Waals surface area contributed by atoms with Crippen LogP contribution in [0.15, 0.2) is 28.0 Å². The van der Waals surface area contributed by atoms with E-state index in [0.717, 1.165) is 69.8 Å². The van der Waals surface area contributed by atoms with Crippen LogP contribution < -0.4 is 5.32 Å². The summed E-state index contributed by atoms with van der Waals surface area (Å²) in [5.41, 5.74) is 2.19. The molecule has 0 aliphatic carbocycles. The van der Waals surface area contributed by atoms with E-state index in [1.807, 2.05) is 30.1 Å². The molecule has 3 rings (SSSR count). The summed E-state index contributed by atoms with van der Waals surface area (Å²) in [4.78, 5) is 9.52. The monoisotopic (exact) mass is 359 g/mol. The van der Waals surface area contributed by atoms with Gasteiger partial charge in [0, 0.05) is 51.5 Å². The van der Waals surface area contributed by atoms with Crippen molar-refractivity contribution in [2.24, 2.45) is 4.99 Å². The second-order valence-electron chi connectivity index (χ2n) is 6.71. The molecule has 8 nitrogen and oxygen atoms in total. The summed E-state index contributed by atoms with van der Waals surface area (Å²) in [5, 5.41) is 11.8. The van der Waals surface area contributed by atoms with E-state index in [-0.39, 0.29) is 0 Å². The highest BCUT2D eigenvalue weighted by molar-refractivity contribution is 5.80. The highest BCUT2D eigenvalue weighted by Crippen LogP contribution is 2.09. The Morgan fingerprint density at radius 1 is 1.27 bits per heavy atom. The Morgan fingerprint density at radius 3 is 2.69 bits per heavy atom. The largest absolute Gasteiger partial charge is 0.361 e. The fourth-order valence-corrected chi connectivity index (χ4v) is 3.11. The number of aromatic nitrogens is 3. The number of aryl methyl sites for hydroxylation is 2. The summed E-state index contributed by atoms with van der Waals surface area (Å²) >= 11 is 0. The number of nitrogens with one attached hydrogen (secondary N) is 1. The number of hydrogen-bond acceptors (Lipinski definition) is 5. The first-order valence-electron chi connectivity index (χ1n) is 9.31. The van der Waals surface area contributed by atoms with Crippen LogP contribution in [0.2, 0.25) is 0 Å². The Labute approximate surface area is 154 Å². The van der Waals surface area contributed by atoms with E-state index >= 15 is 0 Å². The SMILES string of the molecule is CCNC(=NCCn1cc(C)cn1)N1CCN(Cc2cc(C)on2)CC1. The summed E-state index contributed by atoms with van der Waals surface area (Å²) in [6, 6.07) is 2.01. The predicted molar refractivity (Wildman–Crippen MR) is 101 cm³/mol. The average molecular weight is 359 g/mol. The Balaban J connectivity index is 1.49. The first-order valence-corrected chi connectivity index (χ1v) is 9.31. The maximum Gasteiger partial charge on any atom is 0.194 e. The molecule has 8 heteroatoms. The molecule has 1 saturated heterocycles. The molecule has 1 aliphatic heterocycles. The molecule has 26 heavy (non-hydrogen) atoms. The van der Waals surface area contributed by atoms with Crippen LogP contribution >= 0.6 is 0 Å². The number of hydrogen-bond donors (Lipinski definition) is 1. The molecule has 2 aromatic rings. The molecular weight excluding hydrogens is 330 g/mol. The second kappa shape index (κ2) is 8.84. The lowest BCUT2D eigenvalue weighted by Crippen LogP contribution is -2.52. The van der Waals surface area contributed by atoms with E-state index in [1.165, 1.54) is 5.56 Å². The molecule has 0 aromatic carbocycles. The van der Waals surface area contributed by atoms with Crippen LogP contribution in [0.3, 0.4) is 0 Å². The van der Waals surface area contributed by atoms with Gasteiger partial charge < -0.3 is 14.7 Å². The Kier molecular flexibility index (Phi) is 6.27. The summed E-state index contributed by atoms with van der Waals surface area (Å²) in [6.07, 6.45) is 3.93. The number of piperazine rings is 1. The van der Waals surface area contributed by atoms with Crippen molar-refractivity contribution < 1.29 is 4.52 Å². The van der Waals surface area contributed by atoms with Crippen molar-refractivity contribution in [1.82, 2.24) is 30.1 Å². The molecule has 0 spiro atoms. The van der Waals surface area contributed by atoms with E-state index < -0.39 is 0 Å². The number of guanidine groups is 1. The fraction of sp³-hybridized carbons (Fsp3) is 0.611. The topological polar surface area (TPSA) is 74.7 Å². The third-order valence-corrected chi connectivity index (χ3v) is 4.42. The minimum atomic E-state index is 0.724. The smallest absolute Gasteiger partial charge is 0.194 e. The van der Waals surface area contributed by atoms with Crippen molar-refractivity contribution in [3.05, 3.63) is 35.5 Å². The van der Waals surface area contributed by atoms with Crippen molar-refractivity contribution in [2.45, 2.75) is 33.9 Å².